The largest absolute Gasteiger partial charge is 0.321 e. The van der Waals surface area contributed by atoms with Gasteiger partial charge in [-0.2, -0.15) is 5.26 Å². The van der Waals surface area contributed by atoms with Crippen LogP contribution in [0.25, 0.3) is 6.08 Å². The summed E-state index contributed by atoms with van der Waals surface area (Å²) in [5, 5.41) is 14.0. The van der Waals surface area contributed by atoms with Crippen molar-refractivity contribution < 1.29 is 14.0 Å². The molecule has 2 amide bonds. The molecule has 160 valence electrons. The van der Waals surface area contributed by atoms with Crippen LogP contribution < -0.4 is 10.6 Å². The lowest BCUT2D eigenvalue weighted by atomic mass is 10.1. The van der Waals surface area contributed by atoms with E-state index in [1.54, 1.807) is 54.6 Å². The molecule has 0 saturated carbocycles. The summed E-state index contributed by atoms with van der Waals surface area (Å²) >= 11 is 7.46. The summed E-state index contributed by atoms with van der Waals surface area (Å²) in [5.74, 6) is -1.49. The summed E-state index contributed by atoms with van der Waals surface area (Å²) in [6.07, 6.45) is 1.20. The summed E-state index contributed by atoms with van der Waals surface area (Å²) < 4.78 is 14.3. The molecule has 0 radical (unpaired) electrons. The molecule has 32 heavy (non-hydrogen) atoms. The van der Waals surface area contributed by atoms with E-state index in [2.05, 4.69) is 10.6 Å². The SMILES string of the molecule is N#CCSc1ccc(NC(=O)/C(=C/c2c(F)cccc2Cl)NC(=O)c2ccccc2)cc1. The van der Waals surface area contributed by atoms with Gasteiger partial charge in [-0.15, -0.1) is 11.8 Å². The molecule has 0 fully saturated rings. The summed E-state index contributed by atoms with van der Waals surface area (Å²) in [6, 6.07) is 21.4. The quantitative estimate of drug-likeness (QED) is 0.356. The number of carbonyl (C=O) groups excluding carboxylic acids is 2. The van der Waals surface area contributed by atoms with E-state index in [9.17, 15) is 14.0 Å². The maximum atomic E-state index is 14.3. The topological polar surface area (TPSA) is 82.0 Å². The maximum Gasteiger partial charge on any atom is 0.272 e. The van der Waals surface area contributed by atoms with Crippen molar-refractivity contribution in [2.45, 2.75) is 4.90 Å². The van der Waals surface area contributed by atoms with Gasteiger partial charge < -0.3 is 10.6 Å². The van der Waals surface area contributed by atoms with E-state index in [4.69, 9.17) is 16.9 Å². The molecule has 0 saturated heterocycles. The molecule has 8 heteroatoms. The van der Waals surface area contributed by atoms with E-state index in [1.807, 2.05) is 6.07 Å². The average molecular weight is 466 g/mol. The Kier molecular flexibility index (Phi) is 8.03. The number of rotatable bonds is 7. The van der Waals surface area contributed by atoms with Crippen LogP contribution in [0.15, 0.2) is 83.4 Å². The Balaban J connectivity index is 1.87. The Morgan fingerprint density at radius 1 is 1.03 bits per heavy atom. The molecule has 0 aliphatic carbocycles. The van der Waals surface area contributed by atoms with Crippen LogP contribution in [0.5, 0.6) is 0 Å². The molecule has 0 bridgehead atoms. The maximum absolute atomic E-state index is 14.3. The Morgan fingerprint density at radius 2 is 1.75 bits per heavy atom. The predicted molar refractivity (Wildman–Crippen MR) is 125 cm³/mol. The van der Waals surface area contributed by atoms with Gasteiger partial charge in [-0.05, 0) is 54.6 Å². The first kappa shape index (κ1) is 23.1. The van der Waals surface area contributed by atoms with Crippen molar-refractivity contribution in [2.24, 2.45) is 0 Å². The van der Waals surface area contributed by atoms with Crippen molar-refractivity contribution in [3.8, 4) is 6.07 Å². The van der Waals surface area contributed by atoms with Crippen LogP contribution in [0, 0.1) is 17.1 Å². The molecular formula is C24H17ClFN3O2S. The third-order valence-electron chi connectivity index (χ3n) is 4.23. The van der Waals surface area contributed by atoms with E-state index in [-0.39, 0.29) is 16.3 Å². The van der Waals surface area contributed by atoms with E-state index < -0.39 is 17.6 Å². The first-order valence-electron chi connectivity index (χ1n) is 9.41. The zero-order valence-corrected chi connectivity index (χ0v) is 18.2. The Morgan fingerprint density at radius 3 is 2.41 bits per heavy atom. The van der Waals surface area contributed by atoms with Gasteiger partial charge in [0.15, 0.2) is 0 Å². The number of hydrogen-bond donors (Lipinski definition) is 2. The average Bonchev–Trinajstić information content (AvgIpc) is 2.80. The van der Waals surface area contributed by atoms with Gasteiger partial charge in [-0.25, -0.2) is 4.39 Å². The van der Waals surface area contributed by atoms with Crippen molar-refractivity contribution in [2.75, 3.05) is 11.1 Å². The van der Waals surface area contributed by atoms with Crippen molar-refractivity contribution in [1.29, 1.82) is 5.26 Å². The van der Waals surface area contributed by atoms with Crippen LogP contribution >= 0.6 is 23.4 Å². The van der Waals surface area contributed by atoms with Gasteiger partial charge >= 0.3 is 0 Å². The van der Waals surface area contributed by atoms with E-state index in [1.165, 1.54) is 36.0 Å². The van der Waals surface area contributed by atoms with Gasteiger partial charge in [0.25, 0.3) is 11.8 Å². The number of anilines is 1. The van der Waals surface area contributed by atoms with Crippen LogP contribution in [-0.2, 0) is 4.79 Å². The first-order chi connectivity index (χ1) is 15.5. The molecule has 3 aromatic carbocycles. The van der Waals surface area contributed by atoms with E-state index >= 15 is 0 Å². The fraction of sp³-hybridized carbons (Fsp3) is 0.0417. The number of benzene rings is 3. The molecular weight excluding hydrogens is 449 g/mol. The molecule has 0 aliphatic heterocycles. The second kappa shape index (κ2) is 11.1. The van der Waals surface area contributed by atoms with Crippen LogP contribution in [0.1, 0.15) is 15.9 Å². The van der Waals surface area contributed by atoms with Gasteiger partial charge in [0.05, 0.1) is 16.8 Å². The second-order valence-corrected chi connectivity index (χ2v) is 7.89. The number of nitriles is 1. The second-order valence-electron chi connectivity index (χ2n) is 6.44. The predicted octanol–water partition coefficient (Wildman–Crippen LogP) is 5.50. The molecule has 0 aromatic heterocycles. The fourth-order valence-corrected chi connectivity index (χ4v) is 3.46. The lowest BCUT2D eigenvalue weighted by molar-refractivity contribution is -0.113. The highest BCUT2D eigenvalue weighted by atomic mass is 35.5. The number of nitrogens with zero attached hydrogens (tertiary/aromatic N) is 1. The molecule has 0 heterocycles. The van der Waals surface area contributed by atoms with E-state index in [0.717, 1.165) is 4.90 Å². The summed E-state index contributed by atoms with van der Waals surface area (Å²) in [6.45, 7) is 0. The molecule has 0 atom stereocenters. The summed E-state index contributed by atoms with van der Waals surface area (Å²) in [7, 11) is 0. The van der Waals surface area contributed by atoms with Crippen molar-refractivity contribution >= 4 is 46.9 Å². The normalized spacial score (nSPS) is 10.8. The van der Waals surface area contributed by atoms with E-state index in [0.29, 0.717) is 17.0 Å². The molecule has 0 aliphatic rings. The first-order valence-corrected chi connectivity index (χ1v) is 10.8. The van der Waals surface area contributed by atoms with Crippen LogP contribution in [-0.4, -0.2) is 17.6 Å². The highest BCUT2D eigenvalue weighted by molar-refractivity contribution is 7.99. The smallest absolute Gasteiger partial charge is 0.272 e. The third kappa shape index (κ3) is 6.20. The number of carbonyl (C=O) groups is 2. The Bertz CT molecular complexity index is 1170. The molecule has 0 unspecified atom stereocenters. The van der Waals surface area contributed by atoms with Crippen LogP contribution in [0.4, 0.5) is 10.1 Å². The number of halogens is 2. The molecule has 3 aromatic rings. The summed E-state index contributed by atoms with van der Waals surface area (Å²) in [5.41, 5.74) is 0.616. The highest BCUT2D eigenvalue weighted by Gasteiger charge is 2.17. The molecule has 0 spiro atoms. The minimum atomic E-state index is -0.647. The van der Waals surface area contributed by atoms with Crippen LogP contribution in [0.3, 0.4) is 0 Å². The minimum absolute atomic E-state index is 0.0177. The monoisotopic (exact) mass is 465 g/mol. The van der Waals surface area contributed by atoms with Gasteiger partial charge in [-0.3, -0.25) is 9.59 Å². The van der Waals surface area contributed by atoms with Crippen molar-refractivity contribution in [1.82, 2.24) is 5.32 Å². The highest BCUT2D eigenvalue weighted by Crippen LogP contribution is 2.23. The van der Waals surface area contributed by atoms with Gasteiger partial charge in [-0.1, -0.05) is 35.9 Å². The Hall–Kier alpha value is -3.60. The van der Waals surface area contributed by atoms with Gasteiger partial charge in [0, 0.05) is 21.7 Å². The number of hydrogen-bond acceptors (Lipinski definition) is 4. The molecule has 5 nitrogen and oxygen atoms in total. The molecule has 3 rings (SSSR count). The lowest BCUT2D eigenvalue weighted by Gasteiger charge is -2.12. The van der Waals surface area contributed by atoms with Crippen LogP contribution in [0.2, 0.25) is 5.02 Å². The Labute approximate surface area is 193 Å². The summed E-state index contributed by atoms with van der Waals surface area (Å²) in [4.78, 5) is 26.5. The number of nitrogens with one attached hydrogen (secondary N) is 2. The fourth-order valence-electron chi connectivity index (χ4n) is 2.68. The van der Waals surface area contributed by atoms with Gasteiger partial charge in [0.1, 0.15) is 11.5 Å². The zero-order valence-electron chi connectivity index (χ0n) is 16.6. The standard InChI is InChI=1S/C24H17ClFN3O2S/c25-20-7-4-8-21(26)19(20)15-22(29-23(30)16-5-2-1-3-6-16)24(31)28-17-9-11-18(12-10-17)32-14-13-27/h1-12,15H,14H2,(H,28,31)(H,29,30)/b22-15-. The van der Waals surface area contributed by atoms with Crippen molar-refractivity contribution in [3.05, 3.63) is 100 Å². The number of amides is 2. The van der Waals surface area contributed by atoms with Crippen molar-refractivity contribution in [3.63, 3.8) is 0 Å². The van der Waals surface area contributed by atoms with Gasteiger partial charge in [0.2, 0.25) is 0 Å². The number of thioether (sulfide) groups is 1. The minimum Gasteiger partial charge on any atom is -0.321 e. The zero-order chi connectivity index (χ0) is 22.9. The third-order valence-corrected chi connectivity index (χ3v) is 5.44. The molecule has 2 N–H and O–H groups in total. The lowest BCUT2D eigenvalue weighted by Crippen LogP contribution is -2.30.